The summed E-state index contributed by atoms with van der Waals surface area (Å²) in [6, 6.07) is 1.97. The van der Waals surface area contributed by atoms with E-state index < -0.39 is 24.6 Å². The number of hydrogen-bond acceptors (Lipinski definition) is 8. The first-order valence-corrected chi connectivity index (χ1v) is 13.3. The van der Waals surface area contributed by atoms with E-state index in [9.17, 15) is 4.79 Å². The van der Waals surface area contributed by atoms with Crippen molar-refractivity contribution in [3.05, 3.63) is 11.8 Å². The van der Waals surface area contributed by atoms with Crippen LogP contribution in [-0.2, 0) is 23.7 Å². The third-order valence-electron chi connectivity index (χ3n) is 5.02. The molecule has 2 rings (SSSR count). The molecule has 4 atom stereocenters. The maximum Gasteiger partial charge on any atom is 0.256 e. The van der Waals surface area contributed by atoms with Gasteiger partial charge in [-0.1, -0.05) is 26.7 Å². The van der Waals surface area contributed by atoms with Gasteiger partial charge in [0.15, 0.2) is 12.4 Å². The second kappa shape index (κ2) is 13.6. The van der Waals surface area contributed by atoms with Crippen LogP contribution in [0, 0.1) is 6.92 Å². The summed E-state index contributed by atoms with van der Waals surface area (Å²) in [5.74, 6) is -0.276. The minimum absolute atomic E-state index is 0.276. The molecule has 1 saturated heterocycles. The van der Waals surface area contributed by atoms with Crippen LogP contribution >= 0.6 is 23.5 Å². The molecule has 1 aliphatic heterocycles. The number of nitrogens with one attached hydrogen (secondary N) is 1. The second-order valence-corrected chi connectivity index (χ2v) is 9.02. The number of anilines is 1. The Morgan fingerprint density at radius 3 is 2.32 bits per heavy atom. The molecule has 0 bridgehead atoms. The highest BCUT2D eigenvalue weighted by Crippen LogP contribution is 2.35. The molecule has 1 N–H and O–H groups in total. The molecule has 1 aromatic rings. The lowest BCUT2D eigenvalue weighted by Gasteiger charge is -2.24. The van der Waals surface area contributed by atoms with Crippen LogP contribution in [0.25, 0.3) is 0 Å². The molecule has 0 saturated carbocycles. The lowest BCUT2D eigenvalue weighted by atomic mass is 10.1. The first-order valence-electron chi connectivity index (χ1n) is 10.8. The molecule has 1 aromatic heterocycles. The fraction of sp³-hybridized carbons (Fsp3) is 0.727. The second-order valence-electron chi connectivity index (χ2n) is 7.38. The summed E-state index contributed by atoms with van der Waals surface area (Å²) in [4.78, 5) is 18.9. The van der Waals surface area contributed by atoms with E-state index >= 15 is 0 Å². The van der Waals surface area contributed by atoms with E-state index in [4.69, 9.17) is 18.9 Å². The SMILES string of the molecule is CCCCO[C@@H]1[C@@H](OCCCC)[C@H](OC)O[C@@H]1C(=O)Nc1c(SC)cc(C)nc1SC. The van der Waals surface area contributed by atoms with Crippen molar-refractivity contribution in [1.82, 2.24) is 4.98 Å². The summed E-state index contributed by atoms with van der Waals surface area (Å²) in [6.45, 7) is 7.27. The summed E-state index contributed by atoms with van der Waals surface area (Å²) in [5, 5.41) is 3.82. The van der Waals surface area contributed by atoms with Gasteiger partial charge in [-0.05, 0) is 38.3 Å². The molecule has 0 spiro atoms. The van der Waals surface area contributed by atoms with Crippen molar-refractivity contribution in [2.75, 3.05) is 38.2 Å². The molecular formula is C22H36N2O5S2. The van der Waals surface area contributed by atoms with Crippen LogP contribution in [-0.4, -0.2) is 68.3 Å². The number of unbranched alkanes of at least 4 members (excludes halogenated alkanes) is 2. The molecule has 0 radical (unpaired) electrons. The Bertz CT molecular complexity index is 681. The van der Waals surface area contributed by atoms with Gasteiger partial charge in [0.05, 0.1) is 5.69 Å². The van der Waals surface area contributed by atoms with Crippen molar-refractivity contribution in [3.63, 3.8) is 0 Å². The zero-order valence-corrected chi connectivity index (χ0v) is 21.1. The van der Waals surface area contributed by atoms with Crippen LogP contribution in [0.5, 0.6) is 0 Å². The molecule has 0 aliphatic carbocycles. The van der Waals surface area contributed by atoms with E-state index in [-0.39, 0.29) is 5.91 Å². The summed E-state index contributed by atoms with van der Waals surface area (Å²) in [5.41, 5.74) is 1.62. The number of amides is 1. The normalized spacial score (nSPS) is 23.3. The van der Waals surface area contributed by atoms with Gasteiger partial charge in [-0.15, -0.1) is 23.5 Å². The fourth-order valence-electron chi connectivity index (χ4n) is 3.34. The number of hydrogen-bond donors (Lipinski definition) is 1. The van der Waals surface area contributed by atoms with Crippen LogP contribution in [0.1, 0.15) is 45.2 Å². The number of methoxy groups -OCH3 is 1. The van der Waals surface area contributed by atoms with Gasteiger partial charge in [0.25, 0.3) is 5.91 Å². The Kier molecular flexibility index (Phi) is 11.6. The fourth-order valence-corrected chi connectivity index (χ4v) is 4.65. The quantitative estimate of drug-likeness (QED) is 0.332. The molecule has 9 heteroatoms. The number of thioether (sulfide) groups is 2. The van der Waals surface area contributed by atoms with Crippen LogP contribution in [0.3, 0.4) is 0 Å². The smallest absolute Gasteiger partial charge is 0.256 e. The number of nitrogens with zero attached hydrogens (tertiary/aromatic N) is 1. The first-order chi connectivity index (χ1) is 15.0. The Morgan fingerprint density at radius 2 is 1.77 bits per heavy atom. The van der Waals surface area contributed by atoms with Gasteiger partial charge in [-0.3, -0.25) is 4.79 Å². The zero-order valence-electron chi connectivity index (χ0n) is 19.4. The van der Waals surface area contributed by atoms with Gasteiger partial charge in [-0.25, -0.2) is 4.98 Å². The summed E-state index contributed by atoms with van der Waals surface area (Å²) in [6.07, 6.45) is 5.29. The third kappa shape index (κ3) is 7.07. The van der Waals surface area contributed by atoms with Crippen LogP contribution < -0.4 is 5.32 Å². The molecule has 7 nitrogen and oxygen atoms in total. The Balaban J connectivity index is 2.25. The molecule has 0 aromatic carbocycles. The zero-order chi connectivity index (χ0) is 22.8. The lowest BCUT2D eigenvalue weighted by molar-refractivity contribution is -0.167. The van der Waals surface area contributed by atoms with E-state index in [1.807, 2.05) is 25.5 Å². The lowest BCUT2D eigenvalue weighted by Crippen LogP contribution is -2.43. The number of aryl methyl sites for hydroxylation is 1. The Labute approximate surface area is 194 Å². The highest BCUT2D eigenvalue weighted by molar-refractivity contribution is 7.99. The van der Waals surface area contributed by atoms with Crippen LogP contribution in [0.15, 0.2) is 16.0 Å². The van der Waals surface area contributed by atoms with Gasteiger partial charge >= 0.3 is 0 Å². The molecule has 2 heterocycles. The maximum absolute atomic E-state index is 13.3. The predicted octanol–water partition coefficient (Wildman–Crippen LogP) is 4.51. The molecule has 176 valence electrons. The van der Waals surface area contributed by atoms with Gasteiger partial charge in [0.1, 0.15) is 17.2 Å². The van der Waals surface area contributed by atoms with Gasteiger partial charge < -0.3 is 24.3 Å². The highest BCUT2D eigenvalue weighted by Gasteiger charge is 2.50. The standard InChI is InChI=1S/C22H36N2O5S2/c1-7-9-11-27-17-18(29-22(26-4)19(17)28-12-10-8-2)20(25)24-16-15(30-5)13-14(3)23-21(16)31-6/h13,17-19,22H,7-12H2,1-6H3,(H,24,25)/t17-,18-,19+,22+/m0/s1. The Morgan fingerprint density at radius 1 is 1.13 bits per heavy atom. The third-order valence-corrected chi connectivity index (χ3v) is 6.46. The van der Waals surface area contributed by atoms with Gasteiger partial charge in [0.2, 0.25) is 0 Å². The van der Waals surface area contributed by atoms with E-state index in [0.29, 0.717) is 18.9 Å². The van der Waals surface area contributed by atoms with E-state index in [0.717, 1.165) is 41.3 Å². The van der Waals surface area contributed by atoms with Crippen LogP contribution in [0.4, 0.5) is 5.69 Å². The van der Waals surface area contributed by atoms with Gasteiger partial charge in [-0.2, -0.15) is 0 Å². The highest BCUT2D eigenvalue weighted by atomic mass is 32.2. The molecule has 0 unspecified atom stereocenters. The number of ether oxygens (including phenoxy) is 4. The van der Waals surface area contributed by atoms with Crippen molar-refractivity contribution in [3.8, 4) is 0 Å². The number of pyridine rings is 1. The van der Waals surface area contributed by atoms with Crippen molar-refractivity contribution >= 4 is 35.1 Å². The average Bonchev–Trinajstić information content (AvgIpc) is 3.12. The van der Waals surface area contributed by atoms with E-state index in [1.165, 1.54) is 11.8 Å². The maximum atomic E-state index is 13.3. The summed E-state index contributed by atoms with van der Waals surface area (Å²) < 4.78 is 23.6. The number of carbonyl (C=O) groups is 1. The summed E-state index contributed by atoms with van der Waals surface area (Å²) in [7, 11) is 1.56. The largest absolute Gasteiger partial charge is 0.372 e. The average molecular weight is 473 g/mol. The van der Waals surface area contributed by atoms with E-state index in [2.05, 4.69) is 24.1 Å². The van der Waals surface area contributed by atoms with Crippen molar-refractivity contribution in [2.24, 2.45) is 0 Å². The molecule has 1 amide bonds. The van der Waals surface area contributed by atoms with Gasteiger partial charge in [0, 0.05) is 30.9 Å². The first kappa shape index (κ1) is 26.4. The van der Waals surface area contributed by atoms with Crippen molar-refractivity contribution in [1.29, 1.82) is 0 Å². The molecule has 1 fully saturated rings. The number of rotatable bonds is 13. The topological polar surface area (TPSA) is 78.9 Å². The monoisotopic (exact) mass is 472 g/mol. The molecule has 1 aliphatic rings. The summed E-state index contributed by atoms with van der Waals surface area (Å²) >= 11 is 3.07. The minimum Gasteiger partial charge on any atom is -0.372 e. The minimum atomic E-state index is -0.834. The predicted molar refractivity (Wildman–Crippen MR) is 126 cm³/mol. The van der Waals surface area contributed by atoms with Crippen molar-refractivity contribution in [2.45, 2.75) is 81.0 Å². The number of aromatic nitrogens is 1. The van der Waals surface area contributed by atoms with Crippen LogP contribution in [0.2, 0.25) is 0 Å². The Hall–Kier alpha value is -0.840. The van der Waals surface area contributed by atoms with E-state index in [1.54, 1.807) is 18.9 Å². The number of carbonyl (C=O) groups excluding carboxylic acids is 1. The van der Waals surface area contributed by atoms with Crippen molar-refractivity contribution < 1.29 is 23.7 Å². The molecule has 31 heavy (non-hydrogen) atoms. The molecular weight excluding hydrogens is 436 g/mol.